The summed E-state index contributed by atoms with van der Waals surface area (Å²) in [6.45, 7) is 3.05. The van der Waals surface area contributed by atoms with E-state index in [2.05, 4.69) is 73.6 Å². The zero-order chi connectivity index (χ0) is 85.6. The van der Waals surface area contributed by atoms with E-state index in [0.29, 0.717) is 117 Å². The maximum absolute atomic E-state index is 12.9. The number of nitrogens with one attached hydrogen (secondary N) is 5. The average molecular weight is 1740 g/mol. The van der Waals surface area contributed by atoms with Crippen LogP contribution in [0.4, 0.5) is 46.9 Å². The number of pyridine rings is 6. The SMILES string of the molecule is COc1cc(NC(=O)c2ccc(Cl)c(-c3ccccn3)c2)cc(OC)c1.COc1ccc(C(=O)Nc2ccc(Cl)c(-c3ccccn3)c2)cc1.Cc1cc(CCCNc2ccc(Cl)c(-c3ccccn3)c2)cc(C(F)(F)F)c1.Clc1sc(NCc2ccccc2)nc1-c1ccccn1.Nc1ncccc1C(=O)Nc1ccc(Cl)c(-c2ccccn2)c1. The first-order valence-electron chi connectivity index (χ1n) is 37.2. The molecule has 8 aromatic carbocycles. The molecule has 0 atom stereocenters. The van der Waals surface area contributed by atoms with Crippen LogP contribution in [0.25, 0.3) is 56.4 Å². The zero-order valence-corrected chi connectivity index (χ0v) is 69.9. The van der Waals surface area contributed by atoms with Crippen molar-refractivity contribution in [2.24, 2.45) is 0 Å². The van der Waals surface area contributed by atoms with Crippen LogP contribution in [0, 0.1) is 6.92 Å². The molecule has 28 heteroatoms. The first-order chi connectivity index (χ1) is 58.6. The quantitative estimate of drug-likeness (QED) is 0.0345. The first kappa shape index (κ1) is 88.5. The number of halogens is 8. The van der Waals surface area contributed by atoms with Crippen molar-refractivity contribution in [2.75, 3.05) is 60.2 Å². The molecule has 0 aliphatic rings. The van der Waals surface area contributed by atoms with Gasteiger partial charge in [0, 0.05) is 125 Å². The Hall–Kier alpha value is -13.3. The van der Waals surface area contributed by atoms with Crippen LogP contribution in [0.15, 0.2) is 304 Å². The van der Waals surface area contributed by atoms with Gasteiger partial charge in [-0.15, -0.1) is 0 Å². The van der Waals surface area contributed by atoms with Gasteiger partial charge in [0.25, 0.3) is 17.7 Å². The fourth-order valence-electron chi connectivity index (χ4n) is 11.7. The average Bonchev–Trinajstić information content (AvgIpc) is 1.39. The number of nitrogens with zero attached hydrogens (tertiary/aromatic N) is 7. The van der Waals surface area contributed by atoms with Crippen molar-refractivity contribution in [3.8, 4) is 73.7 Å². The molecule has 0 bridgehead atoms. The van der Waals surface area contributed by atoms with Crippen LogP contribution in [-0.2, 0) is 19.1 Å². The third kappa shape index (κ3) is 26.1. The highest BCUT2D eigenvalue weighted by molar-refractivity contribution is 7.20. The molecule has 0 fully saturated rings. The van der Waals surface area contributed by atoms with E-state index in [9.17, 15) is 27.6 Å². The fourth-order valence-corrected chi connectivity index (χ4v) is 13.6. The molecule has 0 aliphatic heterocycles. The maximum atomic E-state index is 12.9. The third-order valence-electron chi connectivity index (χ3n) is 17.7. The second-order valence-corrected chi connectivity index (χ2v) is 29.4. The van der Waals surface area contributed by atoms with Crippen LogP contribution in [0.5, 0.6) is 17.2 Å². The van der Waals surface area contributed by atoms with Gasteiger partial charge in [-0.3, -0.25) is 39.3 Å². The molecule has 3 amide bonds. The van der Waals surface area contributed by atoms with E-state index in [-0.39, 0.29) is 23.5 Å². The Morgan fingerprint density at radius 3 is 1.36 bits per heavy atom. The van der Waals surface area contributed by atoms with Crippen molar-refractivity contribution in [3.63, 3.8) is 0 Å². The highest BCUT2D eigenvalue weighted by Crippen LogP contribution is 2.38. The van der Waals surface area contributed by atoms with E-state index >= 15 is 0 Å². The number of aryl methyl sites for hydroxylation is 2. The molecule has 121 heavy (non-hydrogen) atoms. The van der Waals surface area contributed by atoms with Crippen LogP contribution in [0.1, 0.15) is 59.7 Å². The number of methoxy groups -OCH3 is 3. The molecule has 0 saturated heterocycles. The maximum Gasteiger partial charge on any atom is 0.416 e. The Morgan fingerprint density at radius 2 is 0.860 bits per heavy atom. The summed E-state index contributed by atoms with van der Waals surface area (Å²) in [6, 6.07) is 79.0. The second kappa shape index (κ2) is 44.0. The zero-order valence-electron chi connectivity index (χ0n) is 65.3. The normalized spacial score (nSPS) is 10.6. The fraction of sp³-hybridized carbons (Fsp3) is 0.0968. The lowest BCUT2D eigenvalue weighted by Crippen LogP contribution is -2.14. The predicted octanol–water partition coefficient (Wildman–Crippen LogP) is 24.2. The number of nitrogen functional groups attached to an aromatic ring is 1. The number of amides is 3. The Bertz CT molecular complexity index is 5930. The van der Waals surface area contributed by atoms with Gasteiger partial charge in [-0.2, -0.15) is 13.2 Å². The number of ether oxygens (including phenoxy) is 3. The van der Waals surface area contributed by atoms with E-state index in [0.717, 1.165) is 62.5 Å². The minimum absolute atomic E-state index is 0.184. The number of thiazole rings is 1. The lowest BCUT2D eigenvalue weighted by atomic mass is 10.0. The second-order valence-electron chi connectivity index (χ2n) is 26.2. The van der Waals surface area contributed by atoms with E-state index in [4.69, 9.17) is 77.9 Å². The van der Waals surface area contributed by atoms with Crippen LogP contribution >= 0.6 is 69.3 Å². The number of aromatic nitrogens is 7. The standard InChI is InChI=1S/C22H20ClF3N2.C20H17ClN2O3.C19H15ClN2O2.C17H13ClN4O.C15H12ClN3S/c1-15-11-16(13-17(12-15)22(24,25)26)5-4-10-27-18-7-8-20(23)19(14-18)21-6-2-3-9-28-21;1-25-15-10-14(11-16(12-15)26-2)23-20(24)13-6-7-18(21)17(9-13)19-5-3-4-8-22-19;1-24-15-8-5-13(6-9-15)19(23)22-14-7-10-17(20)16(12-14)18-4-2-3-11-21-18;18-14-7-6-11(10-13(14)15-5-1-2-8-20-15)22-17(23)12-4-3-9-21-16(12)19;16-14-13(12-8-4-5-9-17-12)19-15(20-14)18-10-11-6-2-1-3-7-11/h2-3,6-9,11-14,27H,4-5,10H2,1H3;3-12H,1-2H3,(H,23,24);2-12H,1H3,(H,22,23);1-10H,(H2,19,21)(H,22,23);1-9H,10H2,(H,18,19). The number of benzene rings is 8. The molecular formula is C93H77Cl5F3N13O6S. The summed E-state index contributed by atoms with van der Waals surface area (Å²) in [7, 11) is 4.69. The van der Waals surface area contributed by atoms with Crippen LogP contribution in [0.2, 0.25) is 24.4 Å². The number of rotatable bonds is 22. The number of hydrogen-bond donors (Lipinski definition) is 6. The van der Waals surface area contributed by atoms with Gasteiger partial charge >= 0.3 is 6.18 Å². The van der Waals surface area contributed by atoms with Gasteiger partial charge in [-0.25, -0.2) is 9.97 Å². The van der Waals surface area contributed by atoms with Crippen molar-refractivity contribution >= 4 is 121 Å². The van der Waals surface area contributed by atoms with Crippen molar-refractivity contribution < 1.29 is 41.8 Å². The van der Waals surface area contributed by atoms with E-state index in [1.807, 2.05) is 133 Å². The van der Waals surface area contributed by atoms with E-state index < -0.39 is 11.7 Å². The summed E-state index contributed by atoms with van der Waals surface area (Å²) in [4.78, 5) is 67.2. The van der Waals surface area contributed by atoms with Crippen LogP contribution < -0.4 is 46.5 Å². The summed E-state index contributed by atoms with van der Waals surface area (Å²) in [5, 5.41) is 18.2. The molecule has 7 aromatic heterocycles. The molecule has 15 rings (SSSR count). The molecule has 612 valence electrons. The Balaban J connectivity index is 0.000000148. The number of carbonyl (C=O) groups is 3. The summed E-state index contributed by atoms with van der Waals surface area (Å²) < 4.78 is 55.0. The molecule has 0 aliphatic carbocycles. The molecule has 7 heterocycles. The topological polar surface area (TPSA) is 255 Å². The van der Waals surface area contributed by atoms with E-state index in [1.165, 1.54) is 35.2 Å². The molecule has 7 N–H and O–H groups in total. The Kier molecular flexibility index (Phi) is 32.2. The van der Waals surface area contributed by atoms with Crippen LogP contribution in [0.3, 0.4) is 0 Å². The smallest absolute Gasteiger partial charge is 0.416 e. The molecular weight excluding hydrogens is 1660 g/mol. The van der Waals surface area contributed by atoms with Crippen molar-refractivity contribution in [2.45, 2.75) is 32.5 Å². The monoisotopic (exact) mass is 1740 g/mol. The van der Waals surface area contributed by atoms with Gasteiger partial charge in [-0.1, -0.05) is 142 Å². The molecule has 0 unspecified atom stereocenters. The number of alkyl halides is 3. The Labute approximate surface area is 726 Å². The Morgan fingerprint density at radius 1 is 0.413 bits per heavy atom. The number of hydrogen-bond acceptors (Lipinski definition) is 17. The molecule has 0 saturated carbocycles. The number of carbonyl (C=O) groups excluding carboxylic acids is 3. The lowest BCUT2D eigenvalue weighted by molar-refractivity contribution is -0.137. The van der Waals surface area contributed by atoms with Crippen LogP contribution in [-0.4, -0.2) is 80.5 Å². The van der Waals surface area contributed by atoms with Gasteiger partial charge in [0.1, 0.15) is 33.1 Å². The van der Waals surface area contributed by atoms with Gasteiger partial charge in [0.15, 0.2) is 5.13 Å². The van der Waals surface area contributed by atoms with E-state index in [1.54, 1.807) is 168 Å². The van der Waals surface area contributed by atoms with Gasteiger partial charge < -0.3 is 46.5 Å². The van der Waals surface area contributed by atoms with Gasteiger partial charge in [0.05, 0.1) is 81.0 Å². The summed E-state index contributed by atoms with van der Waals surface area (Å²) >= 11 is 32.7. The van der Waals surface area contributed by atoms with Crippen molar-refractivity contribution in [3.05, 3.63) is 367 Å². The minimum Gasteiger partial charge on any atom is -0.497 e. The van der Waals surface area contributed by atoms with Gasteiger partial charge in [0.2, 0.25) is 0 Å². The van der Waals surface area contributed by atoms with Gasteiger partial charge in [-0.05, 0) is 213 Å². The molecule has 0 radical (unpaired) electrons. The van der Waals surface area contributed by atoms with Crippen molar-refractivity contribution in [1.82, 2.24) is 34.9 Å². The minimum atomic E-state index is -4.32. The summed E-state index contributed by atoms with van der Waals surface area (Å²) in [6.07, 6.45) is 7.02. The number of anilines is 6. The van der Waals surface area contributed by atoms with Crippen molar-refractivity contribution in [1.29, 1.82) is 0 Å². The predicted molar refractivity (Wildman–Crippen MR) is 481 cm³/mol. The third-order valence-corrected chi connectivity index (χ3v) is 20.2. The highest BCUT2D eigenvalue weighted by Gasteiger charge is 2.31. The first-order valence-corrected chi connectivity index (χ1v) is 39.9. The lowest BCUT2D eigenvalue weighted by Gasteiger charge is -2.12. The highest BCUT2D eigenvalue weighted by atomic mass is 35.5. The summed E-state index contributed by atoms with van der Waals surface area (Å²) in [5.74, 6) is 1.26. The number of nitrogens with two attached hydrogens (primary N) is 1. The molecule has 19 nitrogen and oxygen atoms in total. The summed E-state index contributed by atoms with van der Waals surface area (Å²) in [5.41, 5.74) is 19.2. The molecule has 15 aromatic rings. The molecule has 0 spiro atoms. The largest absolute Gasteiger partial charge is 0.497 e.